The van der Waals surface area contributed by atoms with Gasteiger partial charge >= 0.3 is 0 Å². The second-order valence-corrected chi connectivity index (χ2v) is 5.21. The van der Waals surface area contributed by atoms with Gasteiger partial charge in [0, 0.05) is 30.7 Å². The van der Waals surface area contributed by atoms with Gasteiger partial charge in [0.15, 0.2) is 0 Å². The number of carbonyl (C=O) groups excluding carboxylic acids is 2. The Bertz CT molecular complexity index is 465. The summed E-state index contributed by atoms with van der Waals surface area (Å²) in [5.74, 6) is -0.245. The van der Waals surface area contributed by atoms with Crippen molar-refractivity contribution in [3.8, 4) is 0 Å². The molecule has 1 aromatic carbocycles. The highest BCUT2D eigenvalue weighted by Crippen LogP contribution is 2.09. The number of amides is 2. The molecule has 0 aliphatic carbocycles. The zero-order chi connectivity index (χ0) is 14.5. The van der Waals surface area contributed by atoms with Crippen LogP contribution in [-0.4, -0.2) is 48.4 Å². The molecule has 1 fully saturated rings. The van der Waals surface area contributed by atoms with Crippen molar-refractivity contribution in [2.75, 3.05) is 19.6 Å². The van der Waals surface area contributed by atoms with Gasteiger partial charge in [-0.2, -0.15) is 0 Å². The van der Waals surface area contributed by atoms with Gasteiger partial charge in [-0.05, 0) is 26.0 Å². The zero-order valence-electron chi connectivity index (χ0n) is 11.9. The van der Waals surface area contributed by atoms with Crippen molar-refractivity contribution >= 4 is 11.8 Å². The van der Waals surface area contributed by atoms with Crippen molar-refractivity contribution in [1.82, 2.24) is 15.5 Å². The predicted molar refractivity (Wildman–Crippen MR) is 77.4 cm³/mol. The highest BCUT2D eigenvalue weighted by atomic mass is 16.2. The largest absolute Gasteiger partial charge is 0.343 e. The van der Waals surface area contributed by atoms with E-state index in [1.165, 1.54) is 0 Å². The van der Waals surface area contributed by atoms with Gasteiger partial charge in [-0.15, -0.1) is 0 Å². The third-order valence-corrected chi connectivity index (χ3v) is 3.55. The van der Waals surface area contributed by atoms with E-state index in [-0.39, 0.29) is 30.4 Å². The van der Waals surface area contributed by atoms with Crippen LogP contribution in [0.25, 0.3) is 0 Å². The molecule has 1 heterocycles. The molecule has 0 bridgehead atoms. The SMILES string of the molecule is CC1CNCC(C)N1C(=O)CNC(=O)c1ccccc1. The summed E-state index contributed by atoms with van der Waals surface area (Å²) in [4.78, 5) is 26.0. The van der Waals surface area contributed by atoms with Crippen LogP contribution in [0.4, 0.5) is 0 Å². The van der Waals surface area contributed by atoms with Crippen LogP contribution in [0.1, 0.15) is 24.2 Å². The highest BCUT2D eigenvalue weighted by Gasteiger charge is 2.28. The van der Waals surface area contributed by atoms with E-state index in [2.05, 4.69) is 10.6 Å². The molecule has 108 valence electrons. The molecular weight excluding hydrogens is 254 g/mol. The van der Waals surface area contributed by atoms with E-state index in [1.807, 2.05) is 24.8 Å². The summed E-state index contributed by atoms with van der Waals surface area (Å²) in [6.07, 6.45) is 0. The summed E-state index contributed by atoms with van der Waals surface area (Å²) < 4.78 is 0. The van der Waals surface area contributed by atoms with Crippen molar-refractivity contribution < 1.29 is 9.59 Å². The normalized spacial score (nSPS) is 22.4. The minimum absolute atomic E-state index is 0.0317. The molecular formula is C15H21N3O2. The van der Waals surface area contributed by atoms with Crippen molar-refractivity contribution in [3.63, 3.8) is 0 Å². The van der Waals surface area contributed by atoms with E-state index < -0.39 is 0 Å². The van der Waals surface area contributed by atoms with Crippen LogP contribution in [-0.2, 0) is 4.79 Å². The van der Waals surface area contributed by atoms with Gasteiger partial charge in [0.1, 0.15) is 0 Å². The number of rotatable bonds is 3. The molecule has 2 unspecified atom stereocenters. The second kappa shape index (κ2) is 6.52. The predicted octanol–water partition coefficient (Wildman–Crippen LogP) is 0.625. The van der Waals surface area contributed by atoms with Crippen LogP contribution in [0, 0.1) is 0 Å². The molecule has 0 spiro atoms. The molecule has 1 aromatic rings. The van der Waals surface area contributed by atoms with Gasteiger partial charge < -0.3 is 15.5 Å². The minimum Gasteiger partial charge on any atom is -0.343 e. The average molecular weight is 275 g/mol. The first-order chi connectivity index (χ1) is 9.59. The van der Waals surface area contributed by atoms with Gasteiger partial charge in [0.2, 0.25) is 5.91 Å². The number of piperazine rings is 1. The first-order valence-corrected chi connectivity index (χ1v) is 6.94. The van der Waals surface area contributed by atoms with E-state index in [1.54, 1.807) is 24.3 Å². The Hall–Kier alpha value is -1.88. The number of carbonyl (C=O) groups is 2. The molecule has 2 N–H and O–H groups in total. The van der Waals surface area contributed by atoms with Crippen molar-refractivity contribution in [1.29, 1.82) is 0 Å². The lowest BCUT2D eigenvalue weighted by atomic mass is 10.1. The molecule has 0 aromatic heterocycles. The van der Waals surface area contributed by atoms with Gasteiger partial charge in [0.05, 0.1) is 6.54 Å². The summed E-state index contributed by atoms with van der Waals surface area (Å²) in [6, 6.07) is 9.23. The third kappa shape index (κ3) is 3.36. The Morgan fingerprint density at radius 3 is 2.40 bits per heavy atom. The summed E-state index contributed by atoms with van der Waals surface area (Å²) in [5.41, 5.74) is 0.571. The first-order valence-electron chi connectivity index (χ1n) is 6.94. The van der Waals surface area contributed by atoms with Gasteiger partial charge in [-0.1, -0.05) is 18.2 Å². The maximum atomic E-state index is 12.2. The van der Waals surface area contributed by atoms with E-state index in [0.717, 1.165) is 13.1 Å². The molecule has 1 aliphatic rings. The van der Waals surface area contributed by atoms with Gasteiger partial charge in [0.25, 0.3) is 5.91 Å². The van der Waals surface area contributed by atoms with E-state index in [4.69, 9.17) is 0 Å². The lowest BCUT2D eigenvalue weighted by Gasteiger charge is -2.39. The maximum absolute atomic E-state index is 12.2. The molecule has 2 amide bonds. The van der Waals surface area contributed by atoms with Crippen LogP contribution in [0.3, 0.4) is 0 Å². The van der Waals surface area contributed by atoms with Crippen molar-refractivity contribution in [2.45, 2.75) is 25.9 Å². The Morgan fingerprint density at radius 2 is 1.80 bits per heavy atom. The van der Waals surface area contributed by atoms with Gasteiger partial charge in [-0.3, -0.25) is 9.59 Å². The molecule has 2 rings (SSSR count). The van der Waals surface area contributed by atoms with Crippen LogP contribution in [0.2, 0.25) is 0 Å². The van der Waals surface area contributed by atoms with Crippen LogP contribution in [0.15, 0.2) is 30.3 Å². The first kappa shape index (κ1) is 14.5. The van der Waals surface area contributed by atoms with Crippen LogP contribution >= 0.6 is 0 Å². The Labute approximate surface area is 119 Å². The van der Waals surface area contributed by atoms with Crippen molar-refractivity contribution in [2.24, 2.45) is 0 Å². The fraction of sp³-hybridized carbons (Fsp3) is 0.467. The third-order valence-electron chi connectivity index (χ3n) is 3.55. The molecule has 5 nitrogen and oxygen atoms in total. The fourth-order valence-corrected chi connectivity index (χ4v) is 2.56. The lowest BCUT2D eigenvalue weighted by molar-refractivity contribution is -0.135. The van der Waals surface area contributed by atoms with Crippen LogP contribution < -0.4 is 10.6 Å². The fourth-order valence-electron chi connectivity index (χ4n) is 2.56. The van der Waals surface area contributed by atoms with Crippen LogP contribution in [0.5, 0.6) is 0 Å². The number of nitrogens with one attached hydrogen (secondary N) is 2. The summed E-state index contributed by atoms with van der Waals surface area (Å²) in [6.45, 7) is 5.66. The summed E-state index contributed by atoms with van der Waals surface area (Å²) in [5, 5.41) is 5.97. The molecule has 1 aliphatic heterocycles. The minimum atomic E-state index is -0.214. The number of nitrogens with zero attached hydrogens (tertiary/aromatic N) is 1. The highest BCUT2D eigenvalue weighted by molar-refractivity contribution is 5.96. The Balaban J connectivity index is 1.90. The molecule has 0 radical (unpaired) electrons. The smallest absolute Gasteiger partial charge is 0.251 e. The Morgan fingerprint density at radius 1 is 1.20 bits per heavy atom. The average Bonchev–Trinajstić information content (AvgIpc) is 2.45. The zero-order valence-corrected chi connectivity index (χ0v) is 11.9. The van der Waals surface area contributed by atoms with Gasteiger partial charge in [-0.25, -0.2) is 0 Å². The van der Waals surface area contributed by atoms with Crippen molar-refractivity contribution in [3.05, 3.63) is 35.9 Å². The monoisotopic (exact) mass is 275 g/mol. The molecule has 5 heteroatoms. The molecule has 0 saturated carbocycles. The summed E-state index contributed by atoms with van der Waals surface area (Å²) >= 11 is 0. The van der Waals surface area contributed by atoms with E-state index in [9.17, 15) is 9.59 Å². The number of hydrogen-bond donors (Lipinski definition) is 2. The quantitative estimate of drug-likeness (QED) is 0.850. The Kier molecular flexibility index (Phi) is 4.74. The molecule has 20 heavy (non-hydrogen) atoms. The van der Waals surface area contributed by atoms with E-state index >= 15 is 0 Å². The number of benzene rings is 1. The maximum Gasteiger partial charge on any atom is 0.251 e. The topological polar surface area (TPSA) is 61.4 Å². The lowest BCUT2D eigenvalue weighted by Crippen LogP contribution is -2.59. The molecule has 1 saturated heterocycles. The summed E-state index contributed by atoms with van der Waals surface area (Å²) in [7, 11) is 0. The van der Waals surface area contributed by atoms with E-state index in [0.29, 0.717) is 5.56 Å². The molecule has 2 atom stereocenters. The second-order valence-electron chi connectivity index (χ2n) is 5.21. The standard InChI is InChI=1S/C15H21N3O2/c1-11-8-16-9-12(2)18(11)14(19)10-17-15(20)13-6-4-3-5-7-13/h3-7,11-12,16H,8-10H2,1-2H3,(H,17,20). The number of hydrogen-bond acceptors (Lipinski definition) is 3.